The van der Waals surface area contributed by atoms with Crippen molar-refractivity contribution in [2.45, 2.75) is 45.6 Å². The van der Waals surface area contributed by atoms with Gasteiger partial charge in [0, 0.05) is 30.7 Å². The molecule has 1 fully saturated rings. The summed E-state index contributed by atoms with van der Waals surface area (Å²) in [5.41, 5.74) is 0.277. The average molecular weight is 410 g/mol. The highest BCUT2D eigenvalue weighted by molar-refractivity contribution is 6.22. The molecule has 0 saturated carbocycles. The first kappa shape index (κ1) is 21.5. The predicted molar refractivity (Wildman–Crippen MR) is 109 cm³/mol. The second kappa shape index (κ2) is 8.27. The lowest BCUT2D eigenvalue weighted by Gasteiger charge is -2.31. The minimum absolute atomic E-state index is 0.104. The number of rotatable bonds is 4. The van der Waals surface area contributed by atoms with E-state index in [0.29, 0.717) is 30.8 Å². The molecule has 1 N–H and O–H groups in total. The van der Waals surface area contributed by atoms with E-state index in [9.17, 15) is 19.2 Å². The van der Waals surface area contributed by atoms with Gasteiger partial charge in [-0.2, -0.15) is 5.26 Å². The van der Waals surface area contributed by atoms with Crippen LogP contribution < -0.4 is 5.32 Å². The molecule has 3 rings (SSSR count). The molecule has 0 radical (unpaired) electrons. The van der Waals surface area contributed by atoms with Crippen LogP contribution in [0.3, 0.4) is 0 Å². The molecule has 2 aliphatic heterocycles. The third-order valence-corrected chi connectivity index (χ3v) is 5.57. The van der Waals surface area contributed by atoms with Crippen LogP contribution in [0.15, 0.2) is 18.2 Å². The zero-order valence-electron chi connectivity index (χ0n) is 17.5. The Bertz CT molecular complexity index is 933. The highest BCUT2D eigenvalue weighted by Crippen LogP contribution is 2.29. The average Bonchev–Trinajstić information content (AvgIpc) is 2.96. The van der Waals surface area contributed by atoms with Gasteiger partial charge in [0.1, 0.15) is 6.42 Å². The fourth-order valence-corrected chi connectivity index (χ4v) is 3.90. The van der Waals surface area contributed by atoms with E-state index in [2.05, 4.69) is 5.32 Å². The number of carbonyl (C=O) groups is 4. The van der Waals surface area contributed by atoms with Crippen molar-refractivity contribution in [3.05, 3.63) is 34.9 Å². The standard InChI is InChI=1S/C22H26N4O4/c1-22(2,3)26-20(29)16-5-4-15(12-17(16)21(26)30)19(28)24-13-14-7-10-25(11-8-14)18(27)6-9-23/h4-5,12,14H,6-8,10-11,13H2,1-3H3,(H,24,28). The topological polar surface area (TPSA) is 111 Å². The van der Waals surface area contributed by atoms with Gasteiger partial charge in [-0.05, 0) is 57.7 Å². The fraction of sp³-hybridized carbons (Fsp3) is 0.500. The van der Waals surface area contributed by atoms with Crippen LogP contribution in [-0.4, -0.2) is 58.6 Å². The van der Waals surface area contributed by atoms with Gasteiger partial charge in [0.25, 0.3) is 17.7 Å². The molecule has 0 aliphatic carbocycles. The van der Waals surface area contributed by atoms with Gasteiger partial charge in [-0.25, -0.2) is 0 Å². The molecule has 8 nitrogen and oxygen atoms in total. The van der Waals surface area contributed by atoms with Gasteiger partial charge in [-0.3, -0.25) is 24.1 Å². The molecule has 4 amide bonds. The molecule has 0 bridgehead atoms. The summed E-state index contributed by atoms with van der Waals surface area (Å²) >= 11 is 0. The molecule has 158 valence electrons. The van der Waals surface area contributed by atoms with E-state index < -0.39 is 5.54 Å². The number of nitrogens with zero attached hydrogens (tertiary/aromatic N) is 3. The van der Waals surface area contributed by atoms with Crippen molar-refractivity contribution in [3.63, 3.8) is 0 Å². The second-order valence-electron chi connectivity index (χ2n) is 8.75. The SMILES string of the molecule is CC(C)(C)N1C(=O)c2ccc(C(=O)NCC3CCN(C(=O)CC#N)CC3)cc2C1=O. The normalized spacial score (nSPS) is 17.0. The molecule has 0 spiro atoms. The Morgan fingerprint density at radius 2 is 1.77 bits per heavy atom. The van der Waals surface area contributed by atoms with Crippen molar-refractivity contribution in [2.24, 2.45) is 5.92 Å². The Labute approximate surface area is 175 Å². The van der Waals surface area contributed by atoms with E-state index in [1.807, 2.05) is 6.07 Å². The highest BCUT2D eigenvalue weighted by atomic mass is 16.2. The molecule has 8 heteroatoms. The van der Waals surface area contributed by atoms with E-state index >= 15 is 0 Å². The first-order chi connectivity index (χ1) is 14.1. The summed E-state index contributed by atoms with van der Waals surface area (Å²) in [6.07, 6.45) is 1.41. The largest absolute Gasteiger partial charge is 0.352 e. The van der Waals surface area contributed by atoms with Crippen LogP contribution in [0.1, 0.15) is 71.1 Å². The predicted octanol–water partition coefficient (Wildman–Crippen LogP) is 1.96. The van der Waals surface area contributed by atoms with E-state index in [4.69, 9.17) is 5.26 Å². The van der Waals surface area contributed by atoms with Gasteiger partial charge < -0.3 is 10.2 Å². The van der Waals surface area contributed by atoms with Crippen molar-refractivity contribution in [2.75, 3.05) is 19.6 Å². The van der Waals surface area contributed by atoms with Crippen molar-refractivity contribution in [3.8, 4) is 6.07 Å². The number of hydrogen-bond donors (Lipinski definition) is 1. The Kier molecular flexibility index (Phi) is 5.92. The molecule has 1 aromatic rings. The number of benzene rings is 1. The molecule has 0 aromatic heterocycles. The zero-order chi connectivity index (χ0) is 22.1. The third kappa shape index (κ3) is 4.20. The lowest BCUT2D eigenvalue weighted by molar-refractivity contribution is -0.131. The Morgan fingerprint density at radius 1 is 1.13 bits per heavy atom. The van der Waals surface area contributed by atoms with Crippen molar-refractivity contribution in [1.82, 2.24) is 15.1 Å². The Balaban J connectivity index is 1.59. The quantitative estimate of drug-likeness (QED) is 0.763. The number of likely N-dealkylation sites (tertiary alicyclic amines) is 1. The molecule has 2 aliphatic rings. The van der Waals surface area contributed by atoms with Crippen LogP contribution in [0.5, 0.6) is 0 Å². The maximum Gasteiger partial charge on any atom is 0.262 e. The summed E-state index contributed by atoms with van der Waals surface area (Å²) < 4.78 is 0. The number of piperidine rings is 1. The van der Waals surface area contributed by atoms with E-state index in [0.717, 1.165) is 12.8 Å². The van der Waals surface area contributed by atoms with Gasteiger partial charge in [0.2, 0.25) is 5.91 Å². The molecular weight excluding hydrogens is 384 g/mol. The van der Waals surface area contributed by atoms with Crippen LogP contribution in [-0.2, 0) is 4.79 Å². The smallest absolute Gasteiger partial charge is 0.262 e. The van der Waals surface area contributed by atoms with Gasteiger partial charge in [-0.1, -0.05) is 0 Å². The lowest BCUT2D eigenvalue weighted by Crippen LogP contribution is -2.45. The first-order valence-electron chi connectivity index (χ1n) is 10.1. The minimum Gasteiger partial charge on any atom is -0.352 e. The monoisotopic (exact) mass is 410 g/mol. The zero-order valence-corrected chi connectivity index (χ0v) is 17.5. The van der Waals surface area contributed by atoms with Crippen LogP contribution in [0.4, 0.5) is 0 Å². The number of fused-ring (bicyclic) bond motifs is 1. The summed E-state index contributed by atoms with van der Waals surface area (Å²) in [6.45, 7) is 7.01. The summed E-state index contributed by atoms with van der Waals surface area (Å²) in [5.74, 6) is -0.926. The Hall–Kier alpha value is -3.21. The molecular formula is C22H26N4O4. The number of nitriles is 1. The third-order valence-electron chi connectivity index (χ3n) is 5.57. The van der Waals surface area contributed by atoms with Gasteiger partial charge in [0.05, 0.1) is 17.2 Å². The molecule has 2 heterocycles. The number of hydrogen-bond acceptors (Lipinski definition) is 5. The van der Waals surface area contributed by atoms with Crippen LogP contribution >= 0.6 is 0 Å². The number of nitrogens with one attached hydrogen (secondary N) is 1. The van der Waals surface area contributed by atoms with Crippen LogP contribution in [0.2, 0.25) is 0 Å². The van der Waals surface area contributed by atoms with E-state index in [-0.39, 0.29) is 41.5 Å². The van der Waals surface area contributed by atoms with Crippen molar-refractivity contribution >= 4 is 23.6 Å². The summed E-state index contributed by atoms with van der Waals surface area (Å²) in [4.78, 5) is 52.5. The van der Waals surface area contributed by atoms with Gasteiger partial charge in [-0.15, -0.1) is 0 Å². The minimum atomic E-state index is -0.640. The molecule has 0 atom stereocenters. The summed E-state index contributed by atoms with van der Waals surface area (Å²) in [6, 6.07) is 6.46. The van der Waals surface area contributed by atoms with Gasteiger partial charge in [0.15, 0.2) is 0 Å². The van der Waals surface area contributed by atoms with Crippen LogP contribution in [0, 0.1) is 17.2 Å². The molecule has 1 aromatic carbocycles. The maximum absolute atomic E-state index is 12.7. The highest BCUT2D eigenvalue weighted by Gasteiger charge is 2.42. The van der Waals surface area contributed by atoms with Gasteiger partial charge >= 0.3 is 0 Å². The number of carbonyl (C=O) groups excluding carboxylic acids is 4. The van der Waals surface area contributed by atoms with Crippen molar-refractivity contribution in [1.29, 1.82) is 5.26 Å². The summed E-state index contributed by atoms with van der Waals surface area (Å²) in [5, 5.41) is 11.5. The second-order valence-corrected chi connectivity index (χ2v) is 8.75. The van der Waals surface area contributed by atoms with Crippen molar-refractivity contribution < 1.29 is 19.2 Å². The first-order valence-corrected chi connectivity index (χ1v) is 10.1. The Morgan fingerprint density at radius 3 is 2.37 bits per heavy atom. The molecule has 30 heavy (non-hydrogen) atoms. The number of imide groups is 1. The molecule has 0 unspecified atom stereocenters. The summed E-state index contributed by atoms with van der Waals surface area (Å²) in [7, 11) is 0. The maximum atomic E-state index is 12.7. The lowest BCUT2D eigenvalue weighted by atomic mass is 9.96. The van der Waals surface area contributed by atoms with Crippen LogP contribution in [0.25, 0.3) is 0 Å². The number of amides is 4. The fourth-order valence-electron chi connectivity index (χ4n) is 3.90. The van der Waals surface area contributed by atoms with E-state index in [1.54, 1.807) is 31.7 Å². The van der Waals surface area contributed by atoms with E-state index in [1.165, 1.54) is 17.0 Å². The molecule has 1 saturated heterocycles.